The summed E-state index contributed by atoms with van der Waals surface area (Å²) >= 11 is 12.6. The van der Waals surface area contributed by atoms with Crippen molar-refractivity contribution in [3.63, 3.8) is 0 Å². The van der Waals surface area contributed by atoms with Crippen LogP contribution < -0.4 is 9.64 Å². The van der Waals surface area contributed by atoms with Crippen LogP contribution in [0.2, 0.25) is 10.0 Å². The molecule has 254 valence electrons. The number of hydrogen-bond acceptors (Lipinski definition) is 11. The third-order valence-electron chi connectivity index (χ3n) is 8.49. The number of hydrogen-bond donors (Lipinski definition) is 1. The summed E-state index contributed by atoms with van der Waals surface area (Å²) in [4.78, 5) is 31.8. The third kappa shape index (κ3) is 10.7. The molecule has 1 atom stereocenters. The number of piperazine rings is 1. The molecule has 3 aromatic rings. The summed E-state index contributed by atoms with van der Waals surface area (Å²) in [7, 11) is -3.43. The number of nitrogens with zero attached hydrogens (tertiary/aromatic N) is 6. The van der Waals surface area contributed by atoms with Crippen molar-refractivity contribution in [1.29, 1.82) is 0 Å². The van der Waals surface area contributed by atoms with E-state index in [-0.39, 0.29) is 25.0 Å². The third-order valence-corrected chi connectivity index (χ3v) is 9.52. The van der Waals surface area contributed by atoms with Crippen LogP contribution in [0, 0.1) is 5.92 Å². The lowest BCUT2D eigenvalue weighted by molar-refractivity contribution is -0.138. The number of aromatic nitrogens is 3. The number of rotatable bonds is 13. The Labute approximate surface area is 285 Å². The van der Waals surface area contributed by atoms with Gasteiger partial charge < -0.3 is 14.7 Å². The molecular formula is C32H40Cl2N6O6S. The van der Waals surface area contributed by atoms with Gasteiger partial charge in [0.2, 0.25) is 11.8 Å². The lowest BCUT2D eigenvalue weighted by Crippen LogP contribution is -2.50. The first kappa shape index (κ1) is 35.2. The van der Waals surface area contributed by atoms with E-state index < -0.39 is 16.1 Å². The molecule has 1 N–H and O–H groups in total. The van der Waals surface area contributed by atoms with Gasteiger partial charge in [-0.15, -0.1) is 0 Å². The van der Waals surface area contributed by atoms with E-state index in [0.717, 1.165) is 69.5 Å². The van der Waals surface area contributed by atoms with E-state index in [1.54, 1.807) is 18.5 Å². The fraction of sp³-hybridized carbons (Fsp3) is 0.500. The zero-order valence-corrected chi connectivity index (χ0v) is 28.8. The SMILES string of the molecule is CC(CCOS(C)(=O)=O)N1CCN(c2ncc(Oc3cc(CN4CCC(CC(=O)O)CC4)cc(-c4cc(Cl)cc(Cl)c4)n3)cn2)CC1. The Balaban J connectivity index is 1.24. The minimum atomic E-state index is -3.43. The first-order chi connectivity index (χ1) is 22.4. The Kier molecular flexibility index (Phi) is 11.9. The molecular weight excluding hydrogens is 667 g/mol. The highest BCUT2D eigenvalue weighted by Crippen LogP contribution is 2.31. The first-order valence-electron chi connectivity index (χ1n) is 15.6. The van der Waals surface area contributed by atoms with Crippen LogP contribution in [0.25, 0.3) is 11.3 Å². The summed E-state index contributed by atoms with van der Waals surface area (Å²) < 4.78 is 33.6. The maximum Gasteiger partial charge on any atom is 0.303 e. The van der Waals surface area contributed by atoms with E-state index >= 15 is 0 Å². The molecule has 2 aliphatic rings. The maximum atomic E-state index is 11.2. The summed E-state index contributed by atoms with van der Waals surface area (Å²) in [6, 6.07) is 9.37. The van der Waals surface area contributed by atoms with E-state index in [1.165, 1.54) is 0 Å². The van der Waals surface area contributed by atoms with Crippen molar-refractivity contribution in [3.05, 3.63) is 58.3 Å². The van der Waals surface area contributed by atoms with Crippen LogP contribution in [0.5, 0.6) is 11.6 Å². The van der Waals surface area contributed by atoms with Crippen LogP contribution in [-0.2, 0) is 25.6 Å². The first-order valence-corrected chi connectivity index (χ1v) is 18.2. The van der Waals surface area contributed by atoms with Crippen LogP contribution in [0.3, 0.4) is 0 Å². The van der Waals surface area contributed by atoms with Gasteiger partial charge in [-0.25, -0.2) is 15.0 Å². The zero-order valence-electron chi connectivity index (χ0n) is 26.5. The van der Waals surface area contributed by atoms with Gasteiger partial charge in [-0.1, -0.05) is 23.2 Å². The van der Waals surface area contributed by atoms with Crippen molar-refractivity contribution >= 4 is 45.2 Å². The fourth-order valence-electron chi connectivity index (χ4n) is 5.97. The molecule has 0 amide bonds. The molecule has 4 heterocycles. The predicted molar refractivity (Wildman–Crippen MR) is 181 cm³/mol. The van der Waals surface area contributed by atoms with Crippen LogP contribution >= 0.6 is 23.2 Å². The van der Waals surface area contributed by atoms with Crippen molar-refractivity contribution in [2.24, 2.45) is 5.92 Å². The average molecular weight is 708 g/mol. The molecule has 15 heteroatoms. The highest BCUT2D eigenvalue weighted by molar-refractivity contribution is 7.85. The number of aliphatic carboxylic acids is 1. The number of anilines is 1. The number of pyridine rings is 1. The van der Waals surface area contributed by atoms with Crippen LogP contribution in [0.4, 0.5) is 5.95 Å². The molecule has 2 aliphatic heterocycles. The normalized spacial score (nSPS) is 17.5. The number of likely N-dealkylation sites (tertiary alicyclic amines) is 1. The molecule has 1 aromatic carbocycles. The van der Waals surface area contributed by atoms with Gasteiger partial charge in [0.05, 0.1) is 31.0 Å². The Bertz CT molecular complexity index is 1610. The minimum absolute atomic E-state index is 0.171. The number of carboxylic acids is 1. The lowest BCUT2D eigenvalue weighted by atomic mass is 9.93. The molecule has 0 saturated carbocycles. The van der Waals surface area contributed by atoms with E-state index in [9.17, 15) is 13.2 Å². The summed E-state index contributed by atoms with van der Waals surface area (Å²) in [5.74, 6) is 0.889. The van der Waals surface area contributed by atoms with Crippen LogP contribution in [0.15, 0.2) is 42.7 Å². The molecule has 1 unspecified atom stereocenters. The molecule has 2 fully saturated rings. The largest absolute Gasteiger partial charge is 0.481 e. The summed E-state index contributed by atoms with van der Waals surface area (Å²) in [6.45, 7) is 7.60. The number of carbonyl (C=O) groups is 1. The molecule has 12 nitrogen and oxygen atoms in total. The van der Waals surface area contributed by atoms with Gasteiger partial charge in [0.1, 0.15) is 0 Å². The molecule has 0 spiro atoms. The Morgan fingerprint density at radius 2 is 1.66 bits per heavy atom. The molecule has 0 bridgehead atoms. The average Bonchev–Trinajstić information content (AvgIpc) is 3.01. The van der Waals surface area contributed by atoms with Crippen molar-refractivity contribution in [2.75, 3.05) is 57.0 Å². The van der Waals surface area contributed by atoms with Gasteiger partial charge in [-0.05, 0) is 75.0 Å². The lowest BCUT2D eigenvalue weighted by Gasteiger charge is -2.38. The van der Waals surface area contributed by atoms with Gasteiger partial charge >= 0.3 is 5.97 Å². The second kappa shape index (κ2) is 15.9. The minimum Gasteiger partial charge on any atom is -0.481 e. The molecule has 2 saturated heterocycles. The van der Waals surface area contributed by atoms with E-state index in [0.29, 0.717) is 46.3 Å². The highest BCUT2D eigenvalue weighted by Gasteiger charge is 2.24. The molecule has 5 rings (SSSR count). The quantitative estimate of drug-likeness (QED) is 0.234. The Hall–Kier alpha value is -3.07. The van der Waals surface area contributed by atoms with Crippen molar-refractivity contribution in [2.45, 2.75) is 45.2 Å². The van der Waals surface area contributed by atoms with Gasteiger partial charge in [0, 0.05) is 66.9 Å². The Morgan fingerprint density at radius 1 is 1.00 bits per heavy atom. The predicted octanol–water partition coefficient (Wildman–Crippen LogP) is 5.20. The highest BCUT2D eigenvalue weighted by atomic mass is 35.5. The second-order valence-corrected chi connectivity index (χ2v) is 14.7. The van der Waals surface area contributed by atoms with Crippen molar-refractivity contribution in [3.8, 4) is 22.9 Å². The fourth-order valence-corrected chi connectivity index (χ4v) is 6.89. The van der Waals surface area contributed by atoms with E-state index in [1.807, 2.05) is 24.3 Å². The maximum absolute atomic E-state index is 11.2. The van der Waals surface area contributed by atoms with Crippen molar-refractivity contribution in [1.82, 2.24) is 24.8 Å². The van der Waals surface area contributed by atoms with Gasteiger partial charge in [0.25, 0.3) is 10.1 Å². The molecule has 2 aromatic heterocycles. The summed E-state index contributed by atoms with van der Waals surface area (Å²) in [6.07, 6.45) is 6.86. The Morgan fingerprint density at radius 3 is 2.28 bits per heavy atom. The molecule has 0 aliphatic carbocycles. The monoisotopic (exact) mass is 706 g/mol. The molecule has 47 heavy (non-hydrogen) atoms. The zero-order chi connectivity index (χ0) is 33.6. The smallest absolute Gasteiger partial charge is 0.303 e. The standard InChI is InChI=1S/C32H40Cl2N6O6S/c1-22(5-12-45-47(2,43)44)39-8-10-40(11-9-39)32-35-19-28(20-36-32)46-30-14-24(21-38-6-3-23(4-7-38)15-31(41)42)13-29(37-30)25-16-26(33)18-27(34)17-25/h13-14,16-20,22-23H,3-12,15,21H2,1-2H3,(H,41,42). The molecule has 0 radical (unpaired) electrons. The number of halogens is 2. The number of ether oxygens (including phenoxy) is 1. The number of piperidine rings is 1. The van der Waals surface area contributed by atoms with Gasteiger partial charge in [0.15, 0.2) is 5.75 Å². The van der Waals surface area contributed by atoms with Crippen LogP contribution in [0.1, 0.15) is 38.2 Å². The van der Waals surface area contributed by atoms with Crippen LogP contribution in [-0.4, -0.2) is 102 Å². The van der Waals surface area contributed by atoms with E-state index in [4.69, 9.17) is 42.2 Å². The van der Waals surface area contributed by atoms with Crippen molar-refractivity contribution < 1.29 is 27.2 Å². The number of benzene rings is 1. The number of carboxylic acid groups (broad SMARTS) is 1. The summed E-state index contributed by atoms with van der Waals surface area (Å²) in [5, 5.41) is 10.2. The summed E-state index contributed by atoms with van der Waals surface area (Å²) in [5.41, 5.74) is 2.41. The van der Waals surface area contributed by atoms with Gasteiger partial charge in [-0.3, -0.25) is 18.8 Å². The van der Waals surface area contributed by atoms with Gasteiger partial charge in [-0.2, -0.15) is 8.42 Å². The second-order valence-electron chi connectivity index (χ2n) is 12.2. The topological polar surface area (TPSA) is 138 Å². The van der Waals surface area contributed by atoms with E-state index in [2.05, 4.69) is 31.6 Å².